The zero-order chi connectivity index (χ0) is 12.5. The highest BCUT2D eigenvalue weighted by Gasteiger charge is 2.26. The minimum Gasteiger partial charge on any atom is -0.396 e. The summed E-state index contributed by atoms with van der Waals surface area (Å²) < 4.78 is 2.28. The highest BCUT2D eigenvalue weighted by Crippen LogP contribution is 2.23. The molecule has 5 heteroatoms. The molecule has 3 rings (SSSR count). The molecule has 1 aromatic heterocycles. The summed E-state index contributed by atoms with van der Waals surface area (Å²) in [6, 6.07) is 0.633. The Morgan fingerprint density at radius 1 is 1.28 bits per heavy atom. The fourth-order valence-corrected chi connectivity index (χ4v) is 3.21. The van der Waals surface area contributed by atoms with Crippen LogP contribution in [-0.2, 0) is 19.4 Å². The summed E-state index contributed by atoms with van der Waals surface area (Å²) in [6.45, 7) is 2.45. The molecule has 1 aromatic rings. The van der Waals surface area contributed by atoms with Gasteiger partial charge in [0, 0.05) is 32.0 Å². The molecule has 0 spiro atoms. The lowest BCUT2D eigenvalue weighted by Gasteiger charge is -2.23. The highest BCUT2D eigenvalue weighted by molar-refractivity contribution is 5.03. The van der Waals surface area contributed by atoms with E-state index in [4.69, 9.17) is 0 Å². The first-order valence-electron chi connectivity index (χ1n) is 7.00. The Bertz CT molecular complexity index is 417. The van der Waals surface area contributed by atoms with Gasteiger partial charge >= 0.3 is 0 Å². The van der Waals surface area contributed by atoms with E-state index in [1.165, 1.54) is 19.4 Å². The van der Waals surface area contributed by atoms with E-state index in [2.05, 4.69) is 26.7 Å². The van der Waals surface area contributed by atoms with Gasteiger partial charge in [-0.05, 0) is 38.8 Å². The van der Waals surface area contributed by atoms with Crippen molar-refractivity contribution in [2.45, 2.75) is 44.7 Å². The average Bonchev–Trinajstić information content (AvgIpc) is 2.97. The number of likely N-dealkylation sites (N-methyl/N-ethyl adjacent to an activating group) is 1. The quantitative estimate of drug-likeness (QED) is 0.847. The van der Waals surface area contributed by atoms with Crippen LogP contribution in [0.25, 0.3) is 0 Å². The van der Waals surface area contributed by atoms with Gasteiger partial charge in [-0.3, -0.25) is 0 Å². The third-order valence-electron chi connectivity index (χ3n) is 4.48. The summed E-state index contributed by atoms with van der Waals surface area (Å²) in [7, 11) is 2.20. The van der Waals surface area contributed by atoms with Crippen molar-refractivity contribution < 1.29 is 5.11 Å². The maximum absolute atomic E-state index is 9.22. The van der Waals surface area contributed by atoms with E-state index >= 15 is 0 Å². The largest absolute Gasteiger partial charge is 0.396 e. The second kappa shape index (κ2) is 4.97. The topological polar surface area (TPSA) is 54.2 Å². The van der Waals surface area contributed by atoms with Crippen LogP contribution >= 0.6 is 0 Å². The van der Waals surface area contributed by atoms with Gasteiger partial charge < -0.3 is 14.6 Å². The van der Waals surface area contributed by atoms with E-state index in [1.54, 1.807) is 0 Å². The van der Waals surface area contributed by atoms with Crippen LogP contribution in [0, 0.1) is 5.92 Å². The predicted octanol–water partition coefficient (Wildman–Crippen LogP) is 0.469. The van der Waals surface area contributed by atoms with E-state index in [9.17, 15) is 5.11 Å². The molecule has 18 heavy (non-hydrogen) atoms. The maximum atomic E-state index is 9.22. The Labute approximate surface area is 108 Å². The number of nitrogens with zero attached hydrogens (tertiary/aromatic N) is 4. The third kappa shape index (κ3) is 2.17. The molecule has 0 aromatic carbocycles. The lowest BCUT2D eigenvalue weighted by molar-refractivity contribution is 0.198. The Kier molecular flexibility index (Phi) is 3.35. The molecule has 0 aliphatic carbocycles. The summed E-state index contributed by atoms with van der Waals surface area (Å²) in [5, 5.41) is 17.9. The Balaban J connectivity index is 1.73. The minimum absolute atomic E-state index is 0.271. The van der Waals surface area contributed by atoms with Gasteiger partial charge in [0.2, 0.25) is 0 Å². The summed E-state index contributed by atoms with van der Waals surface area (Å²) in [6.07, 6.45) is 5.53. The first kappa shape index (κ1) is 12.1. The normalized spacial score (nSPS) is 28.6. The summed E-state index contributed by atoms with van der Waals surface area (Å²) in [4.78, 5) is 2.43. The van der Waals surface area contributed by atoms with Crippen molar-refractivity contribution in [3.05, 3.63) is 11.6 Å². The van der Waals surface area contributed by atoms with E-state index in [1.807, 2.05) is 0 Å². The van der Waals surface area contributed by atoms with E-state index in [-0.39, 0.29) is 6.61 Å². The predicted molar refractivity (Wildman–Crippen MR) is 68.3 cm³/mol. The van der Waals surface area contributed by atoms with Crippen LogP contribution in [0.15, 0.2) is 0 Å². The molecule has 2 aliphatic heterocycles. The van der Waals surface area contributed by atoms with Crippen molar-refractivity contribution in [2.24, 2.45) is 5.92 Å². The fourth-order valence-electron chi connectivity index (χ4n) is 3.21. The first-order chi connectivity index (χ1) is 8.78. The van der Waals surface area contributed by atoms with Crippen LogP contribution in [0.2, 0.25) is 0 Å². The molecule has 5 nitrogen and oxygen atoms in total. The summed E-state index contributed by atoms with van der Waals surface area (Å²) >= 11 is 0. The van der Waals surface area contributed by atoms with Gasteiger partial charge in [-0.1, -0.05) is 0 Å². The number of hydrogen-bond acceptors (Lipinski definition) is 4. The zero-order valence-electron chi connectivity index (χ0n) is 11.0. The maximum Gasteiger partial charge on any atom is 0.134 e. The number of aliphatic hydroxyl groups excluding tert-OH is 1. The molecule has 0 radical (unpaired) electrons. The van der Waals surface area contributed by atoms with Crippen molar-refractivity contribution in [1.29, 1.82) is 0 Å². The monoisotopic (exact) mass is 250 g/mol. The van der Waals surface area contributed by atoms with Crippen LogP contribution < -0.4 is 0 Å². The van der Waals surface area contributed by atoms with Gasteiger partial charge in [-0.15, -0.1) is 10.2 Å². The zero-order valence-corrected chi connectivity index (χ0v) is 11.0. The fraction of sp³-hybridized carbons (Fsp3) is 0.846. The Morgan fingerprint density at radius 3 is 2.89 bits per heavy atom. The number of rotatable bonds is 3. The van der Waals surface area contributed by atoms with Crippen molar-refractivity contribution in [1.82, 2.24) is 19.7 Å². The summed E-state index contributed by atoms with van der Waals surface area (Å²) in [5.41, 5.74) is 0. The standard InChI is InChI=1S/C13H22N4O/c1-16-5-2-3-11(16)8-13-15-14-12-7-10(9-18)4-6-17(12)13/h10-11,18H,2-9H2,1H3. The lowest BCUT2D eigenvalue weighted by atomic mass is 9.98. The van der Waals surface area contributed by atoms with Crippen molar-refractivity contribution in [3.8, 4) is 0 Å². The molecular weight excluding hydrogens is 228 g/mol. The lowest BCUT2D eigenvalue weighted by Crippen LogP contribution is -2.29. The molecule has 100 valence electrons. The molecule has 1 fully saturated rings. The summed E-state index contributed by atoms with van der Waals surface area (Å²) in [5.74, 6) is 2.58. The Hall–Kier alpha value is -0.940. The Morgan fingerprint density at radius 2 is 2.17 bits per heavy atom. The van der Waals surface area contributed by atoms with Crippen LogP contribution in [0.4, 0.5) is 0 Å². The van der Waals surface area contributed by atoms with Gasteiger partial charge in [0.1, 0.15) is 11.6 Å². The van der Waals surface area contributed by atoms with Gasteiger partial charge in [0.15, 0.2) is 0 Å². The number of likely N-dealkylation sites (tertiary alicyclic amines) is 1. The molecule has 0 saturated carbocycles. The van der Waals surface area contributed by atoms with Crippen LogP contribution in [0.3, 0.4) is 0 Å². The molecule has 3 heterocycles. The minimum atomic E-state index is 0.271. The van der Waals surface area contributed by atoms with Crippen LogP contribution in [0.1, 0.15) is 30.9 Å². The van der Waals surface area contributed by atoms with Gasteiger partial charge in [0.25, 0.3) is 0 Å². The molecule has 0 bridgehead atoms. The van der Waals surface area contributed by atoms with Gasteiger partial charge in [0.05, 0.1) is 0 Å². The first-order valence-corrected chi connectivity index (χ1v) is 7.00. The van der Waals surface area contributed by atoms with E-state index in [0.29, 0.717) is 12.0 Å². The second-order valence-corrected chi connectivity index (χ2v) is 5.71. The van der Waals surface area contributed by atoms with Crippen molar-refractivity contribution in [3.63, 3.8) is 0 Å². The SMILES string of the molecule is CN1CCCC1Cc1nnc2n1CCC(CO)C2. The molecule has 2 unspecified atom stereocenters. The van der Waals surface area contributed by atoms with Crippen molar-refractivity contribution in [2.75, 3.05) is 20.2 Å². The van der Waals surface area contributed by atoms with Crippen molar-refractivity contribution >= 4 is 0 Å². The van der Waals surface area contributed by atoms with Crippen LogP contribution in [0.5, 0.6) is 0 Å². The molecular formula is C13H22N4O. The highest BCUT2D eigenvalue weighted by atomic mass is 16.3. The number of aliphatic hydroxyl groups is 1. The van der Waals surface area contributed by atoms with Gasteiger partial charge in [-0.2, -0.15) is 0 Å². The third-order valence-corrected chi connectivity index (χ3v) is 4.48. The molecule has 0 amide bonds. The number of aromatic nitrogens is 3. The molecule has 1 saturated heterocycles. The number of fused-ring (bicyclic) bond motifs is 1. The molecule has 1 N–H and O–H groups in total. The molecule has 2 atom stereocenters. The average molecular weight is 250 g/mol. The smallest absolute Gasteiger partial charge is 0.134 e. The molecule has 2 aliphatic rings. The van der Waals surface area contributed by atoms with Gasteiger partial charge in [-0.25, -0.2) is 0 Å². The van der Waals surface area contributed by atoms with Crippen LogP contribution in [-0.4, -0.2) is 51.0 Å². The van der Waals surface area contributed by atoms with E-state index < -0.39 is 0 Å². The van der Waals surface area contributed by atoms with E-state index in [0.717, 1.165) is 37.5 Å². The number of hydrogen-bond donors (Lipinski definition) is 1. The second-order valence-electron chi connectivity index (χ2n) is 5.71.